The van der Waals surface area contributed by atoms with Crippen LogP contribution < -0.4 is 10.6 Å². The van der Waals surface area contributed by atoms with Gasteiger partial charge in [0.1, 0.15) is 0 Å². The summed E-state index contributed by atoms with van der Waals surface area (Å²) in [4.78, 5) is 9.25. The molecule has 156 valence electrons. The van der Waals surface area contributed by atoms with Gasteiger partial charge in [0.25, 0.3) is 0 Å². The van der Waals surface area contributed by atoms with Crippen molar-refractivity contribution in [3.8, 4) is 0 Å². The Balaban J connectivity index is 0.00000625. The van der Waals surface area contributed by atoms with Crippen LogP contribution in [0.2, 0.25) is 0 Å². The summed E-state index contributed by atoms with van der Waals surface area (Å²) in [6.45, 7) is 11.0. The van der Waals surface area contributed by atoms with Crippen LogP contribution in [0.4, 0.5) is 0 Å². The lowest BCUT2D eigenvalue weighted by Crippen LogP contribution is -2.41. The number of guanidine groups is 1. The van der Waals surface area contributed by atoms with Crippen molar-refractivity contribution in [2.75, 3.05) is 73.6 Å². The van der Waals surface area contributed by atoms with Gasteiger partial charge in [-0.1, -0.05) is 6.92 Å². The topological polar surface area (TPSA) is 52.1 Å². The number of halogens is 1. The molecule has 1 atom stereocenters. The molecule has 0 aromatic carbocycles. The minimum atomic E-state index is 0. The molecule has 1 aliphatic rings. The van der Waals surface area contributed by atoms with Crippen molar-refractivity contribution >= 4 is 29.9 Å². The molecule has 2 N–H and O–H groups in total. The van der Waals surface area contributed by atoms with Crippen LogP contribution in [0.5, 0.6) is 0 Å². The van der Waals surface area contributed by atoms with Crippen LogP contribution in [0.3, 0.4) is 0 Å². The fourth-order valence-electron chi connectivity index (χ4n) is 3.33. The summed E-state index contributed by atoms with van der Waals surface area (Å²) in [6, 6.07) is 0. The Bertz CT molecular complexity index is 357. The predicted molar refractivity (Wildman–Crippen MR) is 123 cm³/mol. The SMILES string of the molecule is CN=C(NCCCCN1CCCC(C)C1)NCCN(C)CCCOC.I. The Kier molecular flexibility index (Phi) is 16.9. The van der Waals surface area contributed by atoms with Gasteiger partial charge in [-0.2, -0.15) is 0 Å². The third-order valence-electron chi connectivity index (χ3n) is 4.83. The number of hydrogen-bond acceptors (Lipinski definition) is 4. The predicted octanol–water partition coefficient (Wildman–Crippen LogP) is 2.25. The first-order valence-corrected chi connectivity index (χ1v) is 10.00. The number of unbranched alkanes of at least 4 members (excludes halogenated alkanes) is 1. The average molecular weight is 483 g/mol. The molecule has 0 aliphatic carbocycles. The Morgan fingerprint density at radius 1 is 1.19 bits per heavy atom. The van der Waals surface area contributed by atoms with Crippen LogP contribution in [0.25, 0.3) is 0 Å². The molecule has 0 spiro atoms. The second-order valence-electron chi connectivity index (χ2n) is 7.33. The minimum Gasteiger partial charge on any atom is -0.385 e. The van der Waals surface area contributed by atoms with E-state index in [4.69, 9.17) is 4.74 Å². The first kappa shape index (κ1) is 25.9. The van der Waals surface area contributed by atoms with Gasteiger partial charge >= 0.3 is 0 Å². The quantitative estimate of drug-likeness (QED) is 0.193. The molecule has 0 amide bonds. The first-order valence-electron chi connectivity index (χ1n) is 10.00. The number of likely N-dealkylation sites (tertiary alicyclic amines) is 1. The number of methoxy groups -OCH3 is 1. The van der Waals surface area contributed by atoms with E-state index in [1.165, 1.54) is 45.3 Å². The number of nitrogens with one attached hydrogen (secondary N) is 2. The monoisotopic (exact) mass is 483 g/mol. The summed E-state index contributed by atoms with van der Waals surface area (Å²) < 4.78 is 5.09. The molecule has 0 aromatic rings. The highest BCUT2D eigenvalue weighted by molar-refractivity contribution is 14.0. The highest BCUT2D eigenvalue weighted by Gasteiger charge is 2.15. The molecule has 0 aromatic heterocycles. The molecule has 0 bridgehead atoms. The Hall–Kier alpha value is -0.120. The number of ether oxygens (including phenoxy) is 1. The van der Waals surface area contributed by atoms with Crippen molar-refractivity contribution < 1.29 is 4.74 Å². The number of likely N-dealkylation sites (N-methyl/N-ethyl adjacent to an activating group) is 1. The molecule has 6 nitrogen and oxygen atoms in total. The van der Waals surface area contributed by atoms with E-state index in [0.29, 0.717) is 0 Å². The van der Waals surface area contributed by atoms with Crippen LogP contribution in [0, 0.1) is 5.92 Å². The fourth-order valence-corrected chi connectivity index (χ4v) is 3.33. The lowest BCUT2D eigenvalue weighted by atomic mass is 10.0. The average Bonchev–Trinajstić information content (AvgIpc) is 2.60. The molecule has 1 unspecified atom stereocenters. The second-order valence-corrected chi connectivity index (χ2v) is 7.33. The zero-order valence-corrected chi connectivity index (χ0v) is 19.8. The third-order valence-corrected chi connectivity index (χ3v) is 4.83. The van der Waals surface area contributed by atoms with Crippen LogP contribution in [-0.2, 0) is 4.74 Å². The smallest absolute Gasteiger partial charge is 0.191 e. The number of piperidine rings is 1. The summed E-state index contributed by atoms with van der Waals surface area (Å²) in [5.74, 6) is 1.79. The lowest BCUT2D eigenvalue weighted by Gasteiger charge is -2.30. The van der Waals surface area contributed by atoms with Gasteiger partial charge in [0.05, 0.1) is 0 Å². The van der Waals surface area contributed by atoms with E-state index in [1.54, 1.807) is 7.11 Å². The molecule has 1 fully saturated rings. The van der Waals surface area contributed by atoms with E-state index in [2.05, 4.69) is 39.4 Å². The van der Waals surface area contributed by atoms with Gasteiger partial charge in [0, 0.05) is 53.5 Å². The van der Waals surface area contributed by atoms with Crippen LogP contribution in [0.1, 0.15) is 39.0 Å². The summed E-state index contributed by atoms with van der Waals surface area (Å²) in [5.41, 5.74) is 0. The zero-order chi connectivity index (χ0) is 18.3. The maximum Gasteiger partial charge on any atom is 0.191 e. The van der Waals surface area contributed by atoms with Crippen molar-refractivity contribution in [2.24, 2.45) is 10.9 Å². The van der Waals surface area contributed by atoms with Crippen molar-refractivity contribution in [2.45, 2.75) is 39.0 Å². The second kappa shape index (κ2) is 17.0. The number of aliphatic imine (C=N–C) groups is 1. The third kappa shape index (κ3) is 13.1. The van der Waals surface area contributed by atoms with Gasteiger partial charge < -0.3 is 25.2 Å². The Labute approximate surface area is 178 Å². The standard InChI is InChI=1S/C19H41N5O.HI/c1-18-9-7-14-24(17-18)13-6-5-10-21-19(20-2)22-11-15-23(3)12-8-16-25-4;/h18H,5-17H2,1-4H3,(H2,20,21,22);1H. The zero-order valence-electron chi connectivity index (χ0n) is 17.4. The van der Waals surface area contributed by atoms with E-state index in [-0.39, 0.29) is 24.0 Å². The van der Waals surface area contributed by atoms with Gasteiger partial charge in [-0.15, -0.1) is 24.0 Å². The molecule has 1 aliphatic heterocycles. The summed E-state index contributed by atoms with van der Waals surface area (Å²) in [7, 11) is 5.74. The van der Waals surface area contributed by atoms with E-state index in [1.807, 2.05) is 7.05 Å². The van der Waals surface area contributed by atoms with Gasteiger partial charge in [0.15, 0.2) is 5.96 Å². The molecule has 0 saturated carbocycles. The lowest BCUT2D eigenvalue weighted by molar-refractivity contribution is 0.180. The highest BCUT2D eigenvalue weighted by atomic mass is 127. The van der Waals surface area contributed by atoms with Crippen molar-refractivity contribution in [1.82, 2.24) is 20.4 Å². The largest absolute Gasteiger partial charge is 0.385 e. The van der Waals surface area contributed by atoms with Gasteiger partial charge in [0.2, 0.25) is 0 Å². The van der Waals surface area contributed by atoms with Crippen LogP contribution in [-0.4, -0.2) is 89.4 Å². The van der Waals surface area contributed by atoms with Gasteiger partial charge in [-0.25, -0.2) is 0 Å². The number of hydrogen-bond donors (Lipinski definition) is 2. The minimum absolute atomic E-state index is 0. The van der Waals surface area contributed by atoms with Gasteiger partial charge in [-0.05, 0) is 58.2 Å². The molecular weight excluding hydrogens is 441 g/mol. The van der Waals surface area contributed by atoms with Crippen molar-refractivity contribution in [1.29, 1.82) is 0 Å². The Morgan fingerprint density at radius 2 is 1.96 bits per heavy atom. The van der Waals surface area contributed by atoms with Crippen LogP contribution >= 0.6 is 24.0 Å². The summed E-state index contributed by atoms with van der Waals surface area (Å²) in [6.07, 6.45) is 6.31. The number of nitrogens with zero attached hydrogens (tertiary/aromatic N) is 3. The molecule has 0 radical (unpaired) electrons. The van der Waals surface area contributed by atoms with Crippen molar-refractivity contribution in [3.05, 3.63) is 0 Å². The summed E-state index contributed by atoms with van der Waals surface area (Å²) in [5, 5.41) is 6.82. The molecule has 1 heterocycles. The molecule has 7 heteroatoms. The molecule has 26 heavy (non-hydrogen) atoms. The molecule has 1 rings (SSSR count). The van der Waals surface area contributed by atoms with E-state index in [9.17, 15) is 0 Å². The van der Waals surface area contributed by atoms with Gasteiger partial charge in [-0.3, -0.25) is 4.99 Å². The molecular formula is C19H42IN5O. The normalized spacial score (nSPS) is 18.7. The Morgan fingerprint density at radius 3 is 2.65 bits per heavy atom. The number of rotatable bonds is 12. The maximum absolute atomic E-state index is 5.09. The van der Waals surface area contributed by atoms with E-state index >= 15 is 0 Å². The first-order chi connectivity index (χ1) is 12.2. The maximum atomic E-state index is 5.09. The highest BCUT2D eigenvalue weighted by Crippen LogP contribution is 2.15. The fraction of sp³-hybridized carbons (Fsp3) is 0.947. The van der Waals surface area contributed by atoms with E-state index in [0.717, 1.165) is 51.1 Å². The van der Waals surface area contributed by atoms with Crippen LogP contribution in [0.15, 0.2) is 4.99 Å². The van der Waals surface area contributed by atoms with Crippen molar-refractivity contribution in [3.63, 3.8) is 0 Å². The van der Waals surface area contributed by atoms with E-state index < -0.39 is 0 Å². The molecule has 1 saturated heterocycles. The summed E-state index contributed by atoms with van der Waals surface area (Å²) >= 11 is 0.